The lowest BCUT2D eigenvalue weighted by Gasteiger charge is -2.12. The zero-order chi connectivity index (χ0) is 20.3. The Hall–Kier alpha value is -1.69. The normalized spacial score (nSPS) is 13.9. The number of rotatable bonds is 11. The molecule has 0 aromatic rings. The fourth-order valence-electron chi connectivity index (χ4n) is 2.11. The third-order valence-electron chi connectivity index (χ3n) is 3.62. The summed E-state index contributed by atoms with van der Waals surface area (Å²) in [5.74, 6) is -4.28. The second-order valence-electron chi connectivity index (χ2n) is 6.65. The van der Waals surface area contributed by atoms with Gasteiger partial charge in [-0.15, -0.1) is 0 Å². The van der Waals surface area contributed by atoms with Crippen molar-refractivity contribution in [2.45, 2.75) is 53.4 Å². The Morgan fingerprint density at radius 1 is 1.00 bits per heavy atom. The topological polar surface area (TPSA) is 124 Å². The Morgan fingerprint density at radius 2 is 1.54 bits per heavy atom. The third-order valence-corrected chi connectivity index (χ3v) is 4.46. The zero-order valence-corrected chi connectivity index (χ0v) is 16.8. The molecule has 0 aliphatic carbocycles. The van der Waals surface area contributed by atoms with Crippen LogP contribution in [0, 0.1) is 5.92 Å². The quantitative estimate of drug-likeness (QED) is 0.245. The van der Waals surface area contributed by atoms with Crippen LogP contribution >= 0.6 is 7.60 Å². The standard InChI is InChI=1S/C18H30NO6P/c1-13(2)7-5-8-14(3)9-6-10-15(4)11-19-17(20)16(18(21)22)12-26(23,24)25/h7,9,11,16H,5-6,8,10,12H2,1-4H3,(H,19,20)(H,21,22)(H2,23,24,25)/b14-9+,15-11+. The molecule has 0 aromatic carbocycles. The van der Waals surface area contributed by atoms with Crippen LogP contribution in [0.5, 0.6) is 0 Å². The van der Waals surface area contributed by atoms with Gasteiger partial charge >= 0.3 is 13.6 Å². The van der Waals surface area contributed by atoms with Gasteiger partial charge in [-0.2, -0.15) is 0 Å². The minimum absolute atomic E-state index is 0.691. The molecule has 148 valence electrons. The molecule has 0 radical (unpaired) electrons. The van der Waals surface area contributed by atoms with Crippen molar-refractivity contribution in [2.24, 2.45) is 5.92 Å². The van der Waals surface area contributed by atoms with E-state index in [-0.39, 0.29) is 0 Å². The van der Waals surface area contributed by atoms with Gasteiger partial charge in [-0.3, -0.25) is 14.2 Å². The van der Waals surface area contributed by atoms with Crippen LogP contribution in [0.3, 0.4) is 0 Å². The van der Waals surface area contributed by atoms with Crippen molar-refractivity contribution in [3.63, 3.8) is 0 Å². The van der Waals surface area contributed by atoms with Crippen molar-refractivity contribution in [1.29, 1.82) is 0 Å². The summed E-state index contributed by atoms with van der Waals surface area (Å²) >= 11 is 0. The highest BCUT2D eigenvalue weighted by molar-refractivity contribution is 7.51. The molecule has 1 atom stereocenters. The van der Waals surface area contributed by atoms with E-state index in [1.807, 2.05) is 0 Å². The van der Waals surface area contributed by atoms with Gasteiger partial charge in [0.1, 0.15) is 5.92 Å². The number of aliphatic carboxylic acids is 1. The number of amides is 1. The fourth-order valence-corrected chi connectivity index (χ4v) is 2.91. The molecule has 0 aromatic heterocycles. The van der Waals surface area contributed by atoms with Gasteiger partial charge in [-0.25, -0.2) is 0 Å². The molecule has 1 unspecified atom stereocenters. The maximum Gasteiger partial charge on any atom is 0.326 e. The molecule has 1 amide bonds. The number of carbonyl (C=O) groups excluding carboxylic acids is 1. The van der Waals surface area contributed by atoms with Gasteiger partial charge in [-0.05, 0) is 53.4 Å². The van der Waals surface area contributed by atoms with Crippen LogP contribution in [0.15, 0.2) is 35.1 Å². The van der Waals surface area contributed by atoms with Crippen molar-refractivity contribution >= 4 is 19.5 Å². The molecular weight excluding hydrogens is 357 g/mol. The molecule has 0 aliphatic rings. The number of allylic oxidation sites excluding steroid dienone is 5. The number of carbonyl (C=O) groups is 2. The molecule has 0 bridgehead atoms. The van der Waals surface area contributed by atoms with Gasteiger partial charge in [0.05, 0.1) is 6.16 Å². The van der Waals surface area contributed by atoms with Gasteiger partial charge < -0.3 is 20.2 Å². The largest absolute Gasteiger partial charge is 0.481 e. The molecule has 8 heteroatoms. The first kappa shape index (κ1) is 24.3. The molecule has 0 rings (SSSR count). The van der Waals surface area contributed by atoms with Crippen molar-refractivity contribution < 1.29 is 29.0 Å². The van der Waals surface area contributed by atoms with E-state index < -0.39 is 31.6 Å². The second-order valence-corrected chi connectivity index (χ2v) is 8.34. The maximum atomic E-state index is 11.8. The molecular formula is C18H30NO6P. The van der Waals surface area contributed by atoms with Gasteiger partial charge in [-0.1, -0.05) is 28.9 Å². The van der Waals surface area contributed by atoms with Crippen LogP contribution in [0.2, 0.25) is 0 Å². The molecule has 7 nitrogen and oxygen atoms in total. The number of carboxylic acid groups (broad SMARTS) is 1. The van der Waals surface area contributed by atoms with Crippen molar-refractivity contribution in [3.05, 3.63) is 35.1 Å². The molecule has 26 heavy (non-hydrogen) atoms. The predicted molar refractivity (Wildman–Crippen MR) is 102 cm³/mol. The fraction of sp³-hybridized carbons (Fsp3) is 0.556. The zero-order valence-electron chi connectivity index (χ0n) is 15.9. The lowest BCUT2D eigenvalue weighted by Crippen LogP contribution is -2.35. The summed E-state index contributed by atoms with van der Waals surface area (Å²) in [6.45, 7) is 8.00. The van der Waals surface area contributed by atoms with Gasteiger partial charge in [0, 0.05) is 6.20 Å². The smallest absolute Gasteiger partial charge is 0.326 e. The summed E-state index contributed by atoms with van der Waals surface area (Å²) < 4.78 is 10.9. The van der Waals surface area contributed by atoms with Crippen molar-refractivity contribution in [3.8, 4) is 0 Å². The number of carboxylic acids is 1. The first-order chi connectivity index (χ1) is 11.9. The van der Waals surface area contributed by atoms with E-state index in [1.165, 1.54) is 17.3 Å². The third kappa shape index (κ3) is 12.6. The van der Waals surface area contributed by atoms with Gasteiger partial charge in [0.15, 0.2) is 0 Å². The molecule has 0 aliphatic heterocycles. The van der Waals surface area contributed by atoms with Crippen LogP contribution in [-0.2, 0) is 14.2 Å². The number of hydrogen-bond acceptors (Lipinski definition) is 3. The molecule has 0 fully saturated rings. The summed E-state index contributed by atoms with van der Waals surface area (Å²) in [6.07, 6.45) is 8.18. The molecule has 0 saturated carbocycles. The molecule has 0 saturated heterocycles. The summed E-state index contributed by atoms with van der Waals surface area (Å²) in [5.41, 5.74) is 3.42. The second kappa shape index (κ2) is 11.8. The minimum atomic E-state index is -4.60. The molecule has 4 N–H and O–H groups in total. The Morgan fingerprint density at radius 3 is 2.04 bits per heavy atom. The first-order valence-electron chi connectivity index (χ1n) is 8.44. The van der Waals surface area contributed by atoms with E-state index in [4.69, 9.17) is 14.9 Å². The highest BCUT2D eigenvalue weighted by Crippen LogP contribution is 2.37. The van der Waals surface area contributed by atoms with E-state index in [2.05, 4.69) is 38.2 Å². The Labute approximate surface area is 155 Å². The van der Waals surface area contributed by atoms with E-state index >= 15 is 0 Å². The summed E-state index contributed by atoms with van der Waals surface area (Å²) in [4.78, 5) is 40.6. The maximum absolute atomic E-state index is 11.8. The monoisotopic (exact) mass is 387 g/mol. The highest BCUT2D eigenvalue weighted by atomic mass is 31.2. The van der Waals surface area contributed by atoms with E-state index in [9.17, 15) is 14.2 Å². The SMILES string of the molecule is CC(C)=CCC/C(C)=C/CC/C(C)=C/NC(=O)C(CP(=O)(O)O)C(=O)O. The Bertz CT molecular complexity index is 626. The minimum Gasteiger partial charge on any atom is -0.481 e. The van der Waals surface area contributed by atoms with Crippen LogP contribution in [0.25, 0.3) is 0 Å². The van der Waals surface area contributed by atoms with Crippen LogP contribution in [-0.4, -0.2) is 32.9 Å². The highest BCUT2D eigenvalue weighted by Gasteiger charge is 2.33. The number of hydrogen-bond donors (Lipinski definition) is 4. The van der Waals surface area contributed by atoms with Gasteiger partial charge in [0.2, 0.25) is 5.91 Å². The van der Waals surface area contributed by atoms with E-state index in [0.717, 1.165) is 24.8 Å². The molecule has 0 heterocycles. The molecule has 0 spiro atoms. The van der Waals surface area contributed by atoms with Gasteiger partial charge in [0.25, 0.3) is 0 Å². The van der Waals surface area contributed by atoms with Crippen LogP contribution in [0.4, 0.5) is 0 Å². The van der Waals surface area contributed by atoms with Crippen LogP contribution in [0.1, 0.15) is 53.4 Å². The lowest BCUT2D eigenvalue weighted by molar-refractivity contribution is -0.145. The van der Waals surface area contributed by atoms with E-state index in [1.54, 1.807) is 6.92 Å². The van der Waals surface area contributed by atoms with Crippen LogP contribution < -0.4 is 5.32 Å². The Kier molecular flexibility index (Phi) is 11.1. The number of nitrogens with one attached hydrogen (secondary N) is 1. The van der Waals surface area contributed by atoms with Crippen molar-refractivity contribution in [2.75, 3.05) is 6.16 Å². The lowest BCUT2D eigenvalue weighted by atomic mass is 10.1. The average molecular weight is 387 g/mol. The predicted octanol–water partition coefficient (Wildman–Crippen LogP) is 3.36. The first-order valence-corrected chi connectivity index (χ1v) is 10.2. The van der Waals surface area contributed by atoms with Crippen molar-refractivity contribution in [1.82, 2.24) is 5.32 Å². The Balaban J connectivity index is 4.50. The summed E-state index contributed by atoms with van der Waals surface area (Å²) in [5, 5.41) is 11.3. The average Bonchev–Trinajstić information content (AvgIpc) is 2.48. The summed E-state index contributed by atoms with van der Waals surface area (Å²) in [7, 11) is -4.60. The van der Waals surface area contributed by atoms with E-state index in [0.29, 0.717) is 6.42 Å². The summed E-state index contributed by atoms with van der Waals surface area (Å²) in [6, 6.07) is 0.